The summed E-state index contributed by atoms with van der Waals surface area (Å²) in [6.45, 7) is 0.509. The predicted molar refractivity (Wildman–Crippen MR) is 82.5 cm³/mol. The molecule has 1 aromatic heterocycles. The van der Waals surface area contributed by atoms with Gasteiger partial charge in [0.25, 0.3) is 10.0 Å². The Morgan fingerprint density at radius 2 is 2.14 bits per heavy atom. The lowest BCUT2D eigenvalue weighted by Crippen LogP contribution is -2.16. The van der Waals surface area contributed by atoms with E-state index in [-0.39, 0.29) is 16.5 Å². The van der Waals surface area contributed by atoms with Crippen LogP contribution in [-0.4, -0.2) is 25.2 Å². The minimum absolute atomic E-state index is 0.00805. The first kappa shape index (κ1) is 15.1. The van der Waals surface area contributed by atoms with Gasteiger partial charge >= 0.3 is 0 Å². The van der Waals surface area contributed by atoms with Crippen LogP contribution >= 0.6 is 11.6 Å². The van der Waals surface area contributed by atoms with E-state index < -0.39 is 10.0 Å². The first-order valence-electron chi connectivity index (χ1n) is 6.77. The number of halogens is 1. The molecule has 1 heterocycles. The molecule has 0 bridgehead atoms. The average molecular weight is 340 g/mol. The largest absolute Gasteiger partial charge is 0.492 e. The molecule has 1 aliphatic rings. The molecule has 0 aliphatic heterocycles. The number of hydrogen-bond acceptors (Lipinski definition) is 5. The molecule has 1 fully saturated rings. The highest BCUT2D eigenvalue weighted by molar-refractivity contribution is 7.92. The SMILES string of the molecule is O=S(=O)(Nc1cccnn1)c1cc(Cl)ccc1OCC1CC1. The molecule has 0 amide bonds. The summed E-state index contributed by atoms with van der Waals surface area (Å²) in [6, 6.07) is 7.64. The summed E-state index contributed by atoms with van der Waals surface area (Å²) in [4.78, 5) is -0.00805. The quantitative estimate of drug-likeness (QED) is 0.875. The van der Waals surface area contributed by atoms with Gasteiger partial charge in [-0.15, -0.1) is 5.10 Å². The van der Waals surface area contributed by atoms with E-state index in [0.717, 1.165) is 12.8 Å². The van der Waals surface area contributed by atoms with Crippen molar-refractivity contribution in [3.63, 3.8) is 0 Å². The number of hydrogen-bond donors (Lipinski definition) is 1. The Hall–Kier alpha value is -1.86. The Balaban J connectivity index is 1.88. The Labute approximate surface area is 133 Å². The second-order valence-electron chi connectivity index (χ2n) is 5.06. The maximum atomic E-state index is 12.5. The summed E-state index contributed by atoms with van der Waals surface area (Å²) < 4.78 is 33.0. The highest BCUT2D eigenvalue weighted by atomic mass is 35.5. The zero-order valence-corrected chi connectivity index (χ0v) is 13.1. The molecule has 0 unspecified atom stereocenters. The monoisotopic (exact) mass is 339 g/mol. The van der Waals surface area contributed by atoms with Crippen LogP contribution in [0.5, 0.6) is 5.75 Å². The number of nitrogens with zero attached hydrogens (tertiary/aromatic N) is 2. The van der Waals surface area contributed by atoms with E-state index in [1.807, 2.05) is 0 Å². The van der Waals surface area contributed by atoms with Gasteiger partial charge in [0.15, 0.2) is 5.82 Å². The van der Waals surface area contributed by atoms with Crippen molar-refractivity contribution < 1.29 is 13.2 Å². The van der Waals surface area contributed by atoms with Crippen molar-refractivity contribution in [2.75, 3.05) is 11.3 Å². The average Bonchev–Trinajstić information content (AvgIpc) is 3.31. The van der Waals surface area contributed by atoms with E-state index in [2.05, 4.69) is 14.9 Å². The second kappa shape index (κ2) is 6.10. The fourth-order valence-corrected chi connectivity index (χ4v) is 3.26. The highest BCUT2D eigenvalue weighted by Crippen LogP contribution is 2.33. The van der Waals surface area contributed by atoms with E-state index in [4.69, 9.17) is 16.3 Å². The van der Waals surface area contributed by atoms with Crippen LogP contribution in [0.2, 0.25) is 5.02 Å². The Morgan fingerprint density at radius 1 is 1.32 bits per heavy atom. The molecule has 0 saturated heterocycles. The summed E-state index contributed by atoms with van der Waals surface area (Å²) >= 11 is 5.93. The molecule has 8 heteroatoms. The third kappa shape index (κ3) is 3.66. The Bertz CT molecular complexity index is 764. The number of sulfonamides is 1. The molecular weight excluding hydrogens is 326 g/mol. The lowest BCUT2D eigenvalue weighted by atomic mass is 10.3. The van der Waals surface area contributed by atoms with Gasteiger partial charge in [0.2, 0.25) is 0 Å². The molecule has 1 aromatic carbocycles. The van der Waals surface area contributed by atoms with Crippen molar-refractivity contribution in [2.24, 2.45) is 5.92 Å². The molecule has 2 aromatic rings. The molecular formula is C14H14ClN3O3S. The molecule has 1 aliphatic carbocycles. The topological polar surface area (TPSA) is 81.2 Å². The normalized spacial score (nSPS) is 14.6. The first-order valence-corrected chi connectivity index (χ1v) is 8.63. The Morgan fingerprint density at radius 3 is 2.82 bits per heavy atom. The van der Waals surface area contributed by atoms with Crippen molar-refractivity contribution in [2.45, 2.75) is 17.7 Å². The van der Waals surface area contributed by atoms with Crippen molar-refractivity contribution in [1.29, 1.82) is 0 Å². The molecule has 116 valence electrons. The van der Waals surface area contributed by atoms with Crippen molar-refractivity contribution in [1.82, 2.24) is 10.2 Å². The molecule has 0 radical (unpaired) electrons. The van der Waals surface area contributed by atoms with Gasteiger partial charge in [-0.05, 0) is 49.1 Å². The summed E-state index contributed by atoms with van der Waals surface area (Å²) in [7, 11) is -3.86. The van der Waals surface area contributed by atoms with Crippen molar-refractivity contribution in [3.8, 4) is 5.75 Å². The van der Waals surface area contributed by atoms with E-state index in [0.29, 0.717) is 17.5 Å². The molecule has 1 saturated carbocycles. The minimum atomic E-state index is -3.86. The third-order valence-corrected chi connectivity index (χ3v) is 4.79. The summed E-state index contributed by atoms with van der Waals surface area (Å²) in [5.41, 5.74) is 0. The van der Waals surface area contributed by atoms with Crippen molar-refractivity contribution >= 4 is 27.4 Å². The maximum absolute atomic E-state index is 12.5. The predicted octanol–water partition coefficient (Wildman–Crippen LogP) is 2.72. The number of aromatic nitrogens is 2. The lowest BCUT2D eigenvalue weighted by molar-refractivity contribution is 0.292. The van der Waals surface area contributed by atoms with E-state index >= 15 is 0 Å². The van der Waals surface area contributed by atoms with Crippen LogP contribution in [0.3, 0.4) is 0 Å². The minimum Gasteiger partial charge on any atom is -0.492 e. The standard InChI is InChI=1S/C14H14ClN3O3S/c15-11-5-6-12(21-9-10-3-4-10)13(8-11)22(19,20)18-14-2-1-7-16-17-14/h1-2,5-8,10H,3-4,9H2,(H,17,18). The van der Waals surface area contributed by atoms with Gasteiger partial charge in [0.1, 0.15) is 10.6 Å². The van der Waals surface area contributed by atoms with Crippen LogP contribution in [0.15, 0.2) is 41.4 Å². The van der Waals surface area contributed by atoms with Gasteiger partial charge in [-0.25, -0.2) is 8.42 Å². The number of anilines is 1. The zero-order valence-electron chi connectivity index (χ0n) is 11.6. The number of ether oxygens (including phenoxy) is 1. The number of benzene rings is 1. The smallest absolute Gasteiger partial charge is 0.266 e. The third-order valence-electron chi connectivity index (χ3n) is 3.18. The molecule has 6 nitrogen and oxygen atoms in total. The van der Waals surface area contributed by atoms with Crippen LogP contribution in [-0.2, 0) is 10.0 Å². The van der Waals surface area contributed by atoms with Crippen LogP contribution in [0.1, 0.15) is 12.8 Å². The van der Waals surface area contributed by atoms with E-state index in [9.17, 15) is 8.42 Å². The van der Waals surface area contributed by atoms with Gasteiger partial charge in [-0.2, -0.15) is 5.10 Å². The summed E-state index contributed by atoms with van der Waals surface area (Å²) in [5.74, 6) is 0.933. The molecule has 0 atom stereocenters. The molecule has 22 heavy (non-hydrogen) atoms. The molecule has 3 rings (SSSR count). The number of nitrogens with one attached hydrogen (secondary N) is 1. The van der Waals surface area contributed by atoms with Crippen LogP contribution in [0, 0.1) is 5.92 Å². The fraction of sp³-hybridized carbons (Fsp3) is 0.286. The van der Waals surface area contributed by atoms with Gasteiger partial charge in [-0.3, -0.25) is 4.72 Å². The lowest BCUT2D eigenvalue weighted by Gasteiger charge is -2.13. The Kier molecular flexibility index (Phi) is 4.17. The first-order chi connectivity index (χ1) is 10.5. The van der Waals surface area contributed by atoms with Crippen LogP contribution < -0.4 is 9.46 Å². The van der Waals surface area contributed by atoms with Gasteiger partial charge in [-0.1, -0.05) is 11.6 Å². The zero-order chi connectivity index (χ0) is 15.6. The highest BCUT2D eigenvalue weighted by Gasteiger charge is 2.25. The number of rotatable bonds is 6. The van der Waals surface area contributed by atoms with Gasteiger partial charge in [0, 0.05) is 11.2 Å². The van der Waals surface area contributed by atoms with E-state index in [1.165, 1.54) is 18.3 Å². The fourth-order valence-electron chi connectivity index (χ4n) is 1.85. The second-order valence-corrected chi connectivity index (χ2v) is 7.15. The summed E-state index contributed by atoms with van der Waals surface area (Å²) in [5, 5.41) is 7.67. The molecule has 0 spiro atoms. The van der Waals surface area contributed by atoms with Gasteiger partial charge < -0.3 is 4.74 Å². The molecule has 1 N–H and O–H groups in total. The maximum Gasteiger partial charge on any atom is 0.266 e. The van der Waals surface area contributed by atoms with E-state index in [1.54, 1.807) is 18.2 Å². The van der Waals surface area contributed by atoms with Crippen molar-refractivity contribution in [3.05, 3.63) is 41.6 Å². The van der Waals surface area contributed by atoms with Gasteiger partial charge in [0.05, 0.1) is 6.61 Å². The van der Waals surface area contributed by atoms with Crippen LogP contribution in [0.4, 0.5) is 5.82 Å². The summed E-state index contributed by atoms with van der Waals surface area (Å²) in [6.07, 6.45) is 3.70. The van der Waals surface area contributed by atoms with Crippen LogP contribution in [0.25, 0.3) is 0 Å².